The number of rotatable bonds is 3. The second kappa shape index (κ2) is 3.96. The van der Waals surface area contributed by atoms with Crippen molar-refractivity contribution >= 4 is 40.4 Å². The summed E-state index contributed by atoms with van der Waals surface area (Å²) in [4.78, 5) is 12.4. The van der Waals surface area contributed by atoms with Gasteiger partial charge in [-0.15, -0.1) is 22.9 Å². The molecule has 0 radical (unpaired) electrons. The van der Waals surface area contributed by atoms with Crippen molar-refractivity contribution in [1.29, 1.82) is 0 Å². The van der Waals surface area contributed by atoms with Crippen molar-refractivity contribution in [2.24, 2.45) is 0 Å². The van der Waals surface area contributed by atoms with Gasteiger partial charge in [-0.3, -0.25) is 4.79 Å². The molecule has 1 aromatic heterocycles. The fourth-order valence-corrected chi connectivity index (χ4v) is 2.83. The molecule has 1 aliphatic rings. The van der Waals surface area contributed by atoms with Crippen LogP contribution in [0.3, 0.4) is 0 Å². The Morgan fingerprint density at radius 1 is 1.67 bits per heavy atom. The van der Waals surface area contributed by atoms with Crippen molar-refractivity contribution in [2.45, 2.75) is 25.3 Å². The van der Waals surface area contributed by atoms with E-state index in [9.17, 15) is 4.79 Å². The SMILES string of the molecule is Cc1csc(C(=O)NC2(CCl)CC2)c1Cl. The van der Waals surface area contributed by atoms with Gasteiger partial charge in [0.25, 0.3) is 5.91 Å². The van der Waals surface area contributed by atoms with E-state index in [1.807, 2.05) is 12.3 Å². The molecular formula is C10H11Cl2NOS. The Kier molecular flexibility index (Phi) is 2.97. The summed E-state index contributed by atoms with van der Waals surface area (Å²) in [6.45, 7) is 1.89. The van der Waals surface area contributed by atoms with Crippen LogP contribution in [0.15, 0.2) is 5.38 Å². The molecule has 5 heteroatoms. The molecule has 0 spiro atoms. The Bertz CT molecular complexity index is 398. The number of hydrogen-bond acceptors (Lipinski definition) is 2. The van der Waals surface area contributed by atoms with E-state index in [4.69, 9.17) is 23.2 Å². The Labute approximate surface area is 103 Å². The van der Waals surface area contributed by atoms with Crippen molar-refractivity contribution in [3.8, 4) is 0 Å². The Morgan fingerprint density at radius 3 is 2.73 bits per heavy atom. The molecule has 1 fully saturated rings. The normalized spacial score (nSPS) is 17.5. The summed E-state index contributed by atoms with van der Waals surface area (Å²) in [6, 6.07) is 0. The molecule has 0 aliphatic heterocycles. The van der Waals surface area contributed by atoms with Crippen LogP contribution in [0.1, 0.15) is 28.1 Å². The van der Waals surface area contributed by atoms with Gasteiger partial charge < -0.3 is 5.32 Å². The molecular weight excluding hydrogens is 253 g/mol. The van der Waals surface area contributed by atoms with Gasteiger partial charge in [0.2, 0.25) is 0 Å². The standard InChI is InChI=1S/C10H11Cl2NOS/c1-6-4-15-8(7(6)12)9(14)13-10(5-11)2-3-10/h4H,2-3,5H2,1H3,(H,13,14). The van der Waals surface area contributed by atoms with E-state index in [0.717, 1.165) is 18.4 Å². The molecule has 1 aliphatic carbocycles. The molecule has 0 unspecified atom stereocenters. The molecule has 1 aromatic rings. The third-order valence-electron chi connectivity index (χ3n) is 2.59. The number of nitrogens with one attached hydrogen (secondary N) is 1. The summed E-state index contributed by atoms with van der Waals surface area (Å²) < 4.78 is 0. The summed E-state index contributed by atoms with van der Waals surface area (Å²) >= 11 is 13.2. The van der Waals surface area contributed by atoms with Crippen LogP contribution >= 0.6 is 34.5 Å². The van der Waals surface area contributed by atoms with E-state index in [1.54, 1.807) is 0 Å². The van der Waals surface area contributed by atoms with Crippen LogP contribution in [0.2, 0.25) is 5.02 Å². The van der Waals surface area contributed by atoms with E-state index >= 15 is 0 Å². The van der Waals surface area contributed by atoms with Crippen molar-refractivity contribution < 1.29 is 4.79 Å². The highest BCUT2D eigenvalue weighted by Gasteiger charge is 2.43. The largest absolute Gasteiger partial charge is 0.345 e. The van der Waals surface area contributed by atoms with E-state index in [2.05, 4.69) is 5.32 Å². The number of thiophene rings is 1. The quantitative estimate of drug-likeness (QED) is 0.834. The van der Waals surface area contributed by atoms with Crippen LogP contribution in [0.4, 0.5) is 0 Å². The van der Waals surface area contributed by atoms with Crippen molar-refractivity contribution in [1.82, 2.24) is 5.32 Å². The molecule has 0 aromatic carbocycles. The lowest BCUT2D eigenvalue weighted by Gasteiger charge is -2.13. The average Bonchev–Trinajstić information content (AvgIpc) is 2.90. The van der Waals surface area contributed by atoms with Crippen LogP contribution < -0.4 is 5.32 Å². The monoisotopic (exact) mass is 263 g/mol. The highest BCUT2D eigenvalue weighted by molar-refractivity contribution is 7.13. The lowest BCUT2D eigenvalue weighted by molar-refractivity contribution is 0.0940. The maximum Gasteiger partial charge on any atom is 0.263 e. The Morgan fingerprint density at radius 2 is 2.33 bits per heavy atom. The topological polar surface area (TPSA) is 29.1 Å². The fourth-order valence-electron chi connectivity index (χ4n) is 1.32. The van der Waals surface area contributed by atoms with Crippen LogP contribution in [-0.4, -0.2) is 17.3 Å². The molecule has 1 amide bonds. The number of halogens is 2. The first-order chi connectivity index (χ1) is 7.08. The first kappa shape index (κ1) is 11.2. The summed E-state index contributed by atoms with van der Waals surface area (Å²) in [6.07, 6.45) is 1.93. The number of carbonyl (C=O) groups is 1. The van der Waals surface area contributed by atoms with Gasteiger partial charge in [0.05, 0.1) is 10.6 Å². The minimum Gasteiger partial charge on any atom is -0.345 e. The van der Waals surface area contributed by atoms with E-state index in [-0.39, 0.29) is 11.4 Å². The van der Waals surface area contributed by atoms with E-state index in [0.29, 0.717) is 15.8 Å². The Hall–Kier alpha value is -0.250. The smallest absolute Gasteiger partial charge is 0.263 e. The maximum absolute atomic E-state index is 11.8. The van der Waals surface area contributed by atoms with Gasteiger partial charge in [-0.1, -0.05) is 11.6 Å². The predicted octanol–water partition coefficient (Wildman–Crippen LogP) is 3.21. The number of hydrogen-bond donors (Lipinski definition) is 1. The lowest BCUT2D eigenvalue weighted by Crippen LogP contribution is -2.37. The second-order valence-electron chi connectivity index (χ2n) is 3.93. The van der Waals surface area contributed by atoms with Crippen molar-refractivity contribution in [3.05, 3.63) is 20.8 Å². The van der Waals surface area contributed by atoms with Gasteiger partial charge in [0.1, 0.15) is 4.88 Å². The molecule has 82 valence electrons. The molecule has 2 nitrogen and oxygen atoms in total. The minimum atomic E-state index is -0.167. The summed E-state index contributed by atoms with van der Waals surface area (Å²) in [7, 11) is 0. The van der Waals surface area contributed by atoms with Gasteiger partial charge in [-0.05, 0) is 30.7 Å². The fraction of sp³-hybridized carbons (Fsp3) is 0.500. The Balaban J connectivity index is 2.12. The number of alkyl halides is 1. The molecule has 1 saturated carbocycles. The van der Waals surface area contributed by atoms with Crippen LogP contribution in [0, 0.1) is 6.92 Å². The summed E-state index contributed by atoms with van der Waals surface area (Å²) in [5.74, 6) is 0.372. The number of carbonyl (C=O) groups excluding carboxylic acids is 1. The third-order valence-corrected chi connectivity index (χ3v) is 4.80. The maximum atomic E-state index is 11.8. The zero-order valence-electron chi connectivity index (χ0n) is 8.27. The molecule has 2 rings (SSSR count). The first-order valence-corrected chi connectivity index (χ1v) is 6.49. The molecule has 15 heavy (non-hydrogen) atoms. The van der Waals surface area contributed by atoms with Crippen LogP contribution in [0.25, 0.3) is 0 Å². The van der Waals surface area contributed by atoms with Gasteiger partial charge in [0, 0.05) is 5.88 Å². The van der Waals surface area contributed by atoms with Gasteiger partial charge in [0.15, 0.2) is 0 Å². The second-order valence-corrected chi connectivity index (χ2v) is 5.45. The zero-order chi connectivity index (χ0) is 11.1. The lowest BCUT2D eigenvalue weighted by atomic mass is 10.3. The number of aryl methyl sites for hydroxylation is 1. The van der Waals surface area contributed by atoms with Crippen LogP contribution in [-0.2, 0) is 0 Å². The van der Waals surface area contributed by atoms with E-state index < -0.39 is 0 Å². The zero-order valence-corrected chi connectivity index (χ0v) is 10.6. The van der Waals surface area contributed by atoms with Crippen molar-refractivity contribution in [3.63, 3.8) is 0 Å². The molecule has 1 heterocycles. The average molecular weight is 264 g/mol. The third kappa shape index (κ3) is 2.14. The molecule has 0 bridgehead atoms. The molecule has 0 atom stereocenters. The molecule has 1 N–H and O–H groups in total. The van der Waals surface area contributed by atoms with E-state index in [1.165, 1.54) is 11.3 Å². The number of amides is 1. The first-order valence-electron chi connectivity index (χ1n) is 4.70. The van der Waals surface area contributed by atoms with Gasteiger partial charge >= 0.3 is 0 Å². The van der Waals surface area contributed by atoms with Crippen molar-refractivity contribution in [2.75, 3.05) is 5.88 Å². The predicted molar refractivity (Wildman–Crippen MR) is 64.2 cm³/mol. The van der Waals surface area contributed by atoms with Gasteiger partial charge in [-0.25, -0.2) is 0 Å². The highest BCUT2D eigenvalue weighted by Crippen LogP contribution is 2.37. The minimum absolute atomic E-state index is 0.101. The van der Waals surface area contributed by atoms with Gasteiger partial charge in [-0.2, -0.15) is 0 Å². The summed E-state index contributed by atoms with van der Waals surface area (Å²) in [5.41, 5.74) is 0.780. The summed E-state index contributed by atoms with van der Waals surface area (Å²) in [5, 5.41) is 5.39. The molecule has 0 saturated heterocycles. The van der Waals surface area contributed by atoms with Crippen LogP contribution in [0.5, 0.6) is 0 Å². The highest BCUT2D eigenvalue weighted by atomic mass is 35.5.